The van der Waals surface area contributed by atoms with E-state index in [0.29, 0.717) is 31.9 Å². The summed E-state index contributed by atoms with van der Waals surface area (Å²) in [5.74, 6) is -0.130. The van der Waals surface area contributed by atoms with Crippen molar-refractivity contribution in [2.24, 2.45) is 0 Å². The molecule has 0 saturated carbocycles. The standard InChI is InChI=1S/C17H17BrN4O3S/c18-13-1-2-16-15(11-13)17(3-5-19-16)21-6-8-22(9-7-21)26(23,24)12-14-4-10-25-20-14/h1-5,10-11H,6-9,12H2. The summed E-state index contributed by atoms with van der Waals surface area (Å²) in [6.45, 7) is 2.14. The maximum absolute atomic E-state index is 12.6. The van der Waals surface area contributed by atoms with Gasteiger partial charge in [-0.15, -0.1) is 0 Å². The van der Waals surface area contributed by atoms with Crippen LogP contribution in [-0.2, 0) is 15.8 Å². The van der Waals surface area contributed by atoms with Crippen LogP contribution in [0, 0.1) is 0 Å². The molecule has 7 nitrogen and oxygen atoms in total. The molecule has 2 aromatic heterocycles. The normalized spacial score (nSPS) is 16.3. The zero-order valence-electron chi connectivity index (χ0n) is 13.9. The maximum atomic E-state index is 12.6. The van der Waals surface area contributed by atoms with Crippen LogP contribution >= 0.6 is 15.9 Å². The van der Waals surface area contributed by atoms with Gasteiger partial charge >= 0.3 is 0 Å². The average Bonchev–Trinajstić information content (AvgIpc) is 3.13. The lowest BCUT2D eigenvalue weighted by Crippen LogP contribution is -2.49. The van der Waals surface area contributed by atoms with Crippen molar-refractivity contribution in [1.29, 1.82) is 0 Å². The van der Waals surface area contributed by atoms with E-state index < -0.39 is 10.0 Å². The van der Waals surface area contributed by atoms with E-state index in [9.17, 15) is 8.42 Å². The average molecular weight is 437 g/mol. The molecule has 136 valence electrons. The number of aromatic nitrogens is 2. The Morgan fingerprint density at radius 3 is 2.65 bits per heavy atom. The topological polar surface area (TPSA) is 79.5 Å². The fourth-order valence-corrected chi connectivity index (χ4v) is 4.96. The molecule has 9 heteroatoms. The second kappa shape index (κ2) is 6.98. The van der Waals surface area contributed by atoms with Gasteiger partial charge in [0.1, 0.15) is 12.0 Å². The quantitative estimate of drug-likeness (QED) is 0.625. The summed E-state index contributed by atoms with van der Waals surface area (Å²) >= 11 is 3.51. The highest BCUT2D eigenvalue weighted by Gasteiger charge is 2.28. The predicted molar refractivity (Wildman–Crippen MR) is 102 cm³/mol. The Bertz CT molecular complexity index is 1020. The van der Waals surface area contributed by atoms with E-state index >= 15 is 0 Å². The van der Waals surface area contributed by atoms with Crippen molar-refractivity contribution in [1.82, 2.24) is 14.4 Å². The second-order valence-electron chi connectivity index (χ2n) is 6.12. The van der Waals surface area contributed by atoms with Crippen LogP contribution in [-0.4, -0.2) is 49.0 Å². The SMILES string of the molecule is O=S(=O)(Cc1ccon1)N1CCN(c2ccnc3ccc(Br)cc23)CC1. The number of nitrogens with zero attached hydrogens (tertiary/aromatic N) is 4. The summed E-state index contributed by atoms with van der Waals surface area (Å²) in [6.07, 6.45) is 3.18. The fraction of sp³-hybridized carbons (Fsp3) is 0.294. The van der Waals surface area contributed by atoms with Crippen molar-refractivity contribution in [3.8, 4) is 0 Å². The van der Waals surface area contributed by atoms with Crippen LogP contribution in [0.2, 0.25) is 0 Å². The Morgan fingerprint density at radius 2 is 1.92 bits per heavy atom. The van der Waals surface area contributed by atoms with Crippen LogP contribution in [0.25, 0.3) is 10.9 Å². The van der Waals surface area contributed by atoms with Crippen LogP contribution in [0.1, 0.15) is 5.69 Å². The highest BCUT2D eigenvalue weighted by Crippen LogP contribution is 2.29. The van der Waals surface area contributed by atoms with Crippen molar-refractivity contribution in [3.05, 3.63) is 53.0 Å². The molecule has 1 fully saturated rings. The van der Waals surface area contributed by atoms with Gasteiger partial charge in [-0.3, -0.25) is 4.98 Å². The van der Waals surface area contributed by atoms with Crippen molar-refractivity contribution in [2.75, 3.05) is 31.1 Å². The van der Waals surface area contributed by atoms with Crippen molar-refractivity contribution in [2.45, 2.75) is 5.75 Å². The van der Waals surface area contributed by atoms with Gasteiger partial charge in [0.05, 0.1) is 11.2 Å². The van der Waals surface area contributed by atoms with Crippen molar-refractivity contribution < 1.29 is 12.9 Å². The minimum absolute atomic E-state index is 0.130. The van der Waals surface area contributed by atoms with E-state index in [-0.39, 0.29) is 5.75 Å². The third-order valence-electron chi connectivity index (χ3n) is 4.47. The first kappa shape index (κ1) is 17.4. The van der Waals surface area contributed by atoms with Gasteiger partial charge in [-0.25, -0.2) is 8.42 Å². The van der Waals surface area contributed by atoms with Crippen LogP contribution in [0.5, 0.6) is 0 Å². The monoisotopic (exact) mass is 436 g/mol. The maximum Gasteiger partial charge on any atom is 0.220 e. The predicted octanol–water partition coefficient (Wildman–Crippen LogP) is 2.64. The smallest absolute Gasteiger partial charge is 0.220 e. The molecule has 0 N–H and O–H groups in total. The lowest BCUT2D eigenvalue weighted by Gasteiger charge is -2.35. The van der Waals surface area contributed by atoms with E-state index in [2.05, 4.69) is 31.0 Å². The Hall–Kier alpha value is -1.97. The lowest BCUT2D eigenvalue weighted by molar-refractivity contribution is 0.382. The Balaban J connectivity index is 1.51. The van der Waals surface area contributed by atoms with Crippen molar-refractivity contribution in [3.63, 3.8) is 0 Å². The Morgan fingerprint density at radius 1 is 1.12 bits per heavy atom. The number of piperazine rings is 1. The van der Waals surface area contributed by atoms with Gasteiger partial charge in [0.15, 0.2) is 0 Å². The molecule has 1 aliphatic heterocycles. The molecule has 3 aromatic rings. The third kappa shape index (κ3) is 3.46. The highest BCUT2D eigenvalue weighted by molar-refractivity contribution is 9.10. The molecule has 0 unspecified atom stereocenters. The van der Waals surface area contributed by atoms with E-state index in [0.717, 1.165) is 21.1 Å². The fourth-order valence-electron chi connectivity index (χ4n) is 3.18. The molecule has 0 atom stereocenters. The van der Waals surface area contributed by atoms with Gasteiger partial charge in [-0.2, -0.15) is 4.31 Å². The number of pyridine rings is 1. The molecule has 26 heavy (non-hydrogen) atoms. The van der Waals surface area contributed by atoms with Gasteiger partial charge in [0.2, 0.25) is 10.0 Å². The molecular weight excluding hydrogens is 420 g/mol. The summed E-state index contributed by atoms with van der Waals surface area (Å²) in [7, 11) is -3.40. The number of sulfonamides is 1. The number of hydrogen-bond acceptors (Lipinski definition) is 6. The summed E-state index contributed by atoms with van der Waals surface area (Å²) < 4.78 is 32.4. The van der Waals surface area contributed by atoms with E-state index in [1.54, 1.807) is 12.3 Å². The molecule has 0 radical (unpaired) electrons. The first-order chi connectivity index (χ1) is 12.5. The van der Waals surface area contributed by atoms with Gasteiger partial charge < -0.3 is 9.42 Å². The Kier molecular flexibility index (Phi) is 4.68. The lowest BCUT2D eigenvalue weighted by atomic mass is 10.1. The minimum Gasteiger partial charge on any atom is -0.368 e. The molecular formula is C17H17BrN4O3S. The number of fused-ring (bicyclic) bond motifs is 1. The van der Waals surface area contributed by atoms with Crippen LogP contribution < -0.4 is 4.90 Å². The molecule has 1 aliphatic rings. The van der Waals surface area contributed by atoms with Gasteiger partial charge in [0.25, 0.3) is 0 Å². The molecule has 4 rings (SSSR count). The molecule has 3 heterocycles. The number of halogens is 1. The Labute approximate surface area is 159 Å². The number of hydrogen-bond donors (Lipinski definition) is 0. The molecule has 1 aromatic carbocycles. The van der Waals surface area contributed by atoms with Gasteiger partial charge in [0, 0.05) is 54.0 Å². The largest absolute Gasteiger partial charge is 0.368 e. The first-order valence-electron chi connectivity index (χ1n) is 8.19. The minimum atomic E-state index is -3.40. The zero-order valence-corrected chi connectivity index (χ0v) is 16.3. The summed E-state index contributed by atoms with van der Waals surface area (Å²) in [5, 5.41) is 4.75. The molecule has 0 spiro atoms. The second-order valence-corrected chi connectivity index (χ2v) is 9.01. The summed E-state index contributed by atoms with van der Waals surface area (Å²) in [6, 6.07) is 9.55. The van der Waals surface area contributed by atoms with Crippen molar-refractivity contribution >= 4 is 42.5 Å². The highest BCUT2D eigenvalue weighted by atomic mass is 79.9. The molecule has 1 saturated heterocycles. The number of benzene rings is 1. The van der Waals surface area contributed by atoms with Crippen LogP contribution in [0.3, 0.4) is 0 Å². The summed E-state index contributed by atoms with van der Waals surface area (Å²) in [5.41, 5.74) is 2.43. The van der Waals surface area contributed by atoms with Gasteiger partial charge in [-0.05, 0) is 24.3 Å². The van der Waals surface area contributed by atoms with Crippen LogP contribution in [0.15, 0.2) is 51.8 Å². The molecule has 0 amide bonds. The van der Waals surface area contributed by atoms with E-state index in [1.165, 1.54) is 10.6 Å². The number of anilines is 1. The summed E-state index contributed by atoms with van der Waals surface area (Å²) in [4.78, 5) is 6.61. The zero-order chi connectivity index (χ0) is 18.1. The third-order valence-corrected chi connectivity index (χ3v) is 6.78. The van der Waals surface area contributed by atoms with E-state index in [1.807, 2.05) is 24.3 Å². The molecule has 0 aliphatic carbocycles. The number of rotatable bonds is 4. The van der Waals surface area contributed by atoms with Crippen LogP contribution in [0.4, 0.5) is 5.69 Å². The molecule has 0 bridgehead atoms. The van der Waals surface area contributed by atoms with Gasteiger partial charge in [-0.1, -0.05) is 21.1 Å². The van der Waals surface area contributed by atoms with E-state index in [4.69, 9.17) is 4.52 Å². The first-order valence-corrected chi connectivity index (χ1v) is 10.6.